The lowest BCUT2D eigenvalue weighted by Crippen LogP contribution is -2.54. The third kappa shape index (κ3) is 7.17. The van der Waals surface area contributed by atoms with Gasteiger partial charge in [-0.2, -0.15) is 11.8 Å². The van der Waals surface area contributed by atoms with Crippen molar-refractivity contribution in [3.8, 4) is 0 Å². The molecular weight excluding hydrogens is 344 g/mol. The summed E-state index contributed by atoms with van der Waals surface area (Å²) in [6, 6.07) is 0. The molecule has 23 heavy (non-hydrogen) atoms. The fraction of sp³-hybridized carbons (Fsp3) is 1.00. The van der Waals surface area contributed by atoms with Gasteiger partial charge in [0.2, 0.25) is 0 Å². The molecule has 7 heteroatoms. The Labute approximate surface area is 150 Å². The molecule has 0 spiro atoms. The van der Waals surface area contributed by atoms with E-state index < -0.39 is 17.1 Å². The smallest absolute Gasteiger partial charge is 0.348 e. The minimum Gasteiger partial charge on any atom is -0.394 e. The van der Waals surface area contributed by atoms with Crippen molar-refractivity contribution in [1.29, 1.82) is 0 Å². The van der Waals surface area contributed by atoms with Crippen LogP contribution < -0.4 is 0 Å². The van der Waals surface area contributed by atoms with Gasteiger partial charge in [0.05, 0.1) is 0 Å². The largest absolute Gasteiger partial charge is 0.394 e. The Morgan fingerprint density at radius 1 is 0.609 bits per heavy atom. The van der Waals surface area contributed by atoms with Crippen LogP contribution in [0.4, 0.5) is 0 Å². The van der Waals surface area contributed by atoms with Crippen molar-refractivity contribution in [3.63, 3.8) is 0 Å². The van der Waals surface area contributed by atoms with Gasteiger partial charge in [-0.3, -0.25) is 0 Å². The highest BCUT2D eigenvalue weighted by Gasteiger charge is 2.47. The molecule has 0 aromatic rings. The fourth-order valence-electron chi connectivity index (χ4n) is 2.98. The number of thioether (sulfide) groups is 1. The first-order valence-corrected chi connectivity index (χ1v) is 14.8. The minimum absolute atomic E-state index is 0.389. The topological polar surface area (TPSA) is 36.9 Å². The van der Waals surface area contributed by atoms with Crippen LogP contribution in [0.25, 0.3) is 0 Å². The van der Waals surface area contributed by atoms with Crippen molar-refractivity contribution in [1.82, 2.24) is 0 Å². The van der Waals surface area contributed by atoms with Crippen LogP contribution in [0, 0.1) is 0 Å². The molecule has 0 amide bonds. The number of rotatable bonds is 14. The van der Waals surface area contributed by atoms with Crippen molar-refractivity contribution in [3.05, 3.63) is 0 Å². The van der Waals surface area contributed by atoms with Gasteiger partial charge in [0.1, 0.15) is 0 Å². The normalized spacial score (nSPS) is 15.7. The van der Waals surface area contributed by atoms with E-state index >= 15 is 0 Å². The van der Waals surface area contributed by atoms with E-state index in [2.05, 4.69) is 54.6 Å². The first kappa shape index (κ1) is 23.6. The summed E-state index contributed by atoms with van der Waals surface area (Å²) < 4.78 is 24.5. The second kappa shape index (κ2) is 12.1. The van der Waals surface area contributed by atoms with E-state index in [9.17, 15) is 0 Å². The van der Waals surface area contributed by atoms with Crippen molar-refractivity contribution in [2.45, 2.75) is 77.2 Å². The molecule has 0 saturated heterocycles. The summed E-state index contributed by atoms with van der Waals surface area (Å²) in [5.41, 5.74) is 0. The Morgan fingerprint density at radius 2 is 0.870 bits per heavy atom. The van der Waals surface area contributed by atoms with E-state index in [1.807, 2.05) is 11.8 Å². The van der Waals surface area contributed by atoms with Crippen LogP contribution in [-0.2, 0) is 17.7 Å². The Hall–Kier alpha value is 0.624. The molecule has 0 aromatic carbocycles. The summed E-state index contributed by atoms with van der Waals surface area (Å²) in [5.74, 6) is 0. The van der Waals surface area contributed by atoms with Gasteiger partial charge in [0.15, 0.2) is 0 Å². The van der Waals surface area contributed by atoms with E-state index in [0.717, 1.165) is 12.8 Å². The zero-order valence-corrected chi connectivity index (χ0v) is 19.3. The Bertz CT molecular complexity index is 268. The van der Waals surface area contributed by atoms with Crippen LogP contribution in [0.3, 0.4) is 0 Å². The lowest BCUT2D eigenvalue weighted by molar-refractivity contribution is 0.185. The highest BCUT2D eigenvalue weighted by Crippen LogP contribution is 2.36. The predicted molar refractivity (Wildman–Crippen MR) is 105 cm³/mol. The molecule has 0 saturated carbocycles. The second-order valence-corrected chi connectivity index (χ2v) is 14.6. The third-order valence-corrected chi connectivity index (χ3v) is 15.3. The van der Waals surface area contributed by atoms with Crippen molar-refractivity contribution < 1.29 is 17.7 Å². The van der Waals surface area contributed by atoms with E-state index in [1.165, 1.54) is 0 Å². The van der Waals surface area contributed by atoms with Crippen LogP contribution in [0.5, 0.6) is 0 Å². The molecule has 140 valence electrons. The molecule has 0 radical (unpaired) electrons. The van der Waals surface area contributed by atoms with Gasteiger partial charge in [-0.05, 0) is 53.6 Å². The van der Waals surface area contributed by atoms with Gasteiger partial charge in [-0.25, -0.2) is 0 Å². The standard InChI is InChI=1S/C16H38O4SSi2/c1-9-15(22(7,17-11-3)18-12-4)21-16(10-2)23(8,19-13-5)20-14-6/h15-16H,9-14H2,1-8H3. The number of hydrogen-bond acceptors (Lipinski definition) is 5. The molecule has 4 nitrogen and oxygen atoms in total. The maximum Gasteiger partial charge on any atom is 0.348 e. The monoisotopic (exact) mass is 382 g/mol. The lowest BCUT2D eigenvalue weighted by atomic mass is 10.6. The molecule has 0 fully saturated rings. The van der Waals surface area contributed by atoms with Crippen molar-refractivity contribution in [2.75, 3.05) is 26.4 Å². The summed E-state index contributed by atoms with van der Waals surface area (Å²) in [6.45, 7) is 19.9. The van der Waals surface area contributed by atoms with Gasteiger partial charge in [-0.15, -0.1) is 0 Å². The highest BCUT2D eigenvalue weighted by molar-refractivity contribution is 8.03. The molecular formula is C16H38O4SSi2. The van der Waals surface area contributed by atoms with Gasteiger partial charge in [0, 0.05) is 36.2 Å². The SMILES string of the molecule is CCO[Si](C)(OCC)C(CC)SC(CC)[Si](C)(OCC)OCC. The average molecular weight is 383 g/mol. The first-order chi connectivity index (χ1) is 10.9. The van der Waals surface area contributed by atoms with Gasteiger partial charge in [0.25, 0.3) is 0 Å². The van der Waals surface area contributed by atoms with E-state index in [4.69, 9.17) is 17.7 Å². The molecule has 0 rings (SSSR count). The zero-order chi connectivity index (χ0) is 17.9. The van der Waals surface area contributed by atoms with Gasteiger partial charge < -0.3 is 17.7 Å². The Balaban J connectivity index is 5.28. The number of hydrogen-bond donors (Lipinski definition) is 0. The lowest BCUT2D eigenvalue weighted by Gasteiger charge is -2.39. The van der Waals surface area contributed by atoms with E-state index in [1.54, 1.807) is 0 Å². The van der Waals surface area contributed by atoms with E-state index in [0.29, 0.717) is 36.2 Å². The van der Waals surface area contributed by atoms with Gasteiger partial charge >= 0.3 is 17.1 Å². The highest BCUT2D eigenvalue weighted by atomic mass is 32.2. The zero-order valence-electron chi connectivity index (χ0n) is 16.4. The summed E-state index contributed by atoms with van der Waals surface area (Å²) in [7, 11) is -4.42. The second-order valence-electron chi connectivity index (χ2n) is 5.69. The van der Waals surface area contributed by atoms with Crippen LogP contribution in [0.15, 0.2) is 0 Å². The van der Waals surface area contributed by atoms with Crippen molar-refractivity contribution in [2.24, 2.45) is 0 Å². The van der Waals surface area contributed by atoms with E-state index in [-0.39, 0.29) is 0 Å². The molecule has 2 atom stereocenters. The average Bonchev–Trinajstić information content (AvgIpc) is 2.49. The Kier molecular flexibility index (Phi) is 12.4. The minimum atomic E-state index is -2.21. The van der Waals surface area contributed by atoms with Crippen LogP contribution >= 0.6 is 11.8 Å². The summed E-state index contributed by atoms with van der Waals surface area (Å²) in [4.78, 5) is 0.778. The predicted octanol–water partition coefficient (Wildman–Crippen LogP) is 4.65. The molecule has 0 aliphatic carbocycles. The molecule has 0 aliphatic rings. The molecule has 0 heterocycles. The third-order valence-electron chi connectivity index (χ3n) is 3.96. The fourth-order valence-corrected chi connectivity index (χ4v) is 12.6. The molecule has 2 unspecified atom stereocenters. The summed E-state index contributed by atoms with van der Waals surface area (Å²) in [5, 5.41) is 0. The molecule has 0 aliphatic heterocycles. The molecule has 0 bridgehead atoms. The molecule has 0 N–H and O–H groups in total. The van der Waals surface area contributed by atoms with Crippen LogP contribution in [0.2, 0.25) is 13.1 Å². The van der Waals surface area contributed by atoms with Crippen LogP contribution in [0.1, 0.15) is 54.4 Å². The summed E-state index contributed by atoms with van der Waals surface area (Å²) >= 11 is 1.99. The van der Waals surface area contributed by atoms with Crippen LogP contribution in [-0.4, -0.2) is 53.3 Å². The summed E-state index contributed by atoms with van der Waals surface area (Å²) in [6.07, 6.45) is 2.10. The Morgan fingerprint density at radius 3 is 1.04 bits per heavy atom. The maximum absolute atomic E-state index is 6.13. The maximum atomic E-state index is 6.13. The molecule has 0 aromatic heterocycles. The first-order valence-electron chi connectivity index (χ1n) is 9.08. The van der Waals surface area contributed by atoms with Crippen molar-refractivity contribution >= 4 is 28.9 Å². The van der Waals surface area contributed by atoms with Gasteiger partial charge in [-0.1, -0.05) is 13.8 Å². The quantitative estimate of drug-likeness (QED) is 0.409.